The number of fused-ring (bicyclic) bond motifs is 1. The molecule has 0 radical (unpaired) electrons. The van der Waals surface area contributed by atoms with Crippen molar-refractivity contribution in [3.8, 4) is 0 Å². The van der Waals surface area contributed by atoms with Crippen molar-refractivity contribution in [3.05, 3.63) is 23.8 Å². The summed E-state index contributed by atoms with van der Waals surface area (Å²) in [7, 11) is -2.07. The maximum absolute atomic E-state index is 12.5. The van der Waals surface area contributed by atoms with Crippen LogP contribution in [0.15, 0.2) is 23.1 Å². The van der Waals surface area contributed by atoms with E-state index in [1.165, 1.54) is 6.07 Å². The summed E-state index contributed by atoms with van der Waals surface area (Å²) in [5.74, 6) is -0.167. The van der Waals surface area contributed by atoms with E-state index in [4.69, 9.17) is 0 Å². The molecular formula is C17H23N3O4S. The van der Waals surface area contributed by atoms with Crippen LogP contribution in [0.2, 0.25) is 0 Å². The number of likely N-dealkylation sites (tertiary alicyclic amines) is 1. The molecule has 1 aromatic carbocycles. The number of piperidine rings is 1. The van der Waals surface area contributed by atoms with Gasteiger partial charge in [-0.1, -0.05) is 0 Å². The van der Waals surface area contributed by atoms with E-state index in [2.05, 4.69) is 4.72 Å². The summed E-state index contributed by atoms with van der Waals surface area (Å²) in [5.41, 5.74) is 1.56. The molecule has 1 N–H and O–H groups in total. The van der Waals surface area contributed by atoms with E-state index < -0.39 is 10.0 Å². The zero-order chi connectivity index (χ0) is 18.0. The number of hydrogen-bond donors (Lipinski definition) is 1. The Morgan fingerprint density at radius 2 is 1.88 bits per heavy atom. The van der Waals surface area contributed by atoms with Crippen LogP contribution in [-0.4, -0.2) is 51.8 Å². The van der Waals surface area contributed by atoms with E-state index in [0.29, 0.717) is 25.9 Å². The Morgan fingerprint density at radius 1 is 1.16 bits per heavy atom. The van der Waals surface area contributed by atoms with E-state index in [1.54, 1.807) is 29.0 Å². The maximum Gasteiger partial charge on any atom is 0.241 e. The number of carbonyl (C=O) groups excluding carboxylic acids is 2. The minimum absolute atomic E-state index is 0.0216. The highest BCUT2D eigenvalue weighted by Gasteiger charge is 2.24. The van der Waals surface area contributed by atoms with E-state index in [-0.39, 0.29) is 23.3 Å². The zero-order valence-electron chi connectivity index (χ0n) is 14.3. The second kappa shape index (κ2) is 7.13. The predicted molar refractivity (Wildman–Crippen MR) is 93.8 cm³/mol. The van der Waals surface area contributed by atoms with Crippen molar-refractivity contribution in [2.24, 2.45) is 0 Å². The third-order valence-electron chi connectivity index (χ3n) is 4.83. The lowest BCUT2D eigenvalue weighted by atomic mass is 10.0. The van der Waals surface area contributed by atoms with Gasteiger partial charge in [0.25, 0.3) is 0 Å². The highest BCUT2D eigenvalue weighted by atomic mass is 32.2. The van der Waals surface area contributed by atoms with Crippen LogP contribution < -0.4 is 9.62 Å². The lowest BCUT2D eigenvalue weighted by Crippen LogP contribution is -2.42. The van der Waals surface area contributed by atoms with E-state index in [0.717, 1.165) is 30.5 Å². The number of amides is 2. The van der Waals surface area contributed by atoms with Gasteiger partial charge in [-0.25, -0.2) is 13.1 Å². The van der Waals surface area contributed by atoms with E-state index in [9.17, 15) is 18.0 Å². The molecule has 2 amide bonds. The van der Waals surface area contributed by atoms with E-state index in [1.807, 2.05) is 0 Å². The van der Waals surface area contributed by atoms with Crippen molar-refractivity contribution in [1.82, 2.24) is 9.62 Å². The first-order valence-corrected chi connectivity index (χ1v) is 10.0. The average Bonchev–Trinajstić information content (AvgIpc) is 2.63. The standard InChI is InChI=1S/C17H23N3O4S/c1-19-15-7-6-14(11-13(15)5-8-16(19)21)25(23,24)18-12-17(22)20-9-3-2-4-10-20/h6-7,11,18H,2-5,8-10,12H2,1H3. The first-order valence-electron chi connectivity index (χ1n) is 8.55. The smallest absolute Gasteiger partial charge is 0.241 e. The fraction of sp³-hybridized carbons (Fsp3) is 0.529. The average molecular weight is 365 g/mol. The van der Waals surface area contributed by atoms with Gasteiger partial charge >= 0.3 is 0 Å². The topological polar surface area (TPSA) is 86.8 Å². The van der Waals surface area contributed by atoms with Gasteiger partial charge in [-0.3, -0.25) is 9.59 Å². The van der Waals surface area contributed by atoms with Gasteiger partial charge in [0.05, 0.1) is 11.4 Å². The molecule has 0 saturated carbocycles. The molecule has 0 unspecified atom stereocenters. The second-order valence-electron chi connectivity index (χ2n) is 6.51. The van der Waals surface area contributed by atoms with Crippen LogP contribution in [0.5, 0.6) is 0 Å². The van der Waals surface area contributed by atoms with Crippen molar-refractivity contribution in [2.45, 2.75) is 37.0 Å². The Hall–Kier alpha value is -1.93. The SMILES string of the molecule is CN1C(=O)CCc2cc(S(=O)(=O)NCC(=O)N3CCCCC3)ccc21. The third-order valence-corrected chi connectivity index (χ3v) is 6.23. The molecule has 0 spiro atoms. The largest absolute Gasteiger partial charge is 0.342 e. The molecular weight excluding hydrogens is 342 g/mol. The van der Waals surface area contributed by atoms with Crippen LogP contribution in [0, 0.1) is 0 Å². The molecule has 0 atom stereocenters. The predicted octanol–water partition coefficient (Wildman–Crippen LogP) is 0.886. The van der Waals surface area contributed by atoms with Crippen molar-refractivity contribution < 1.29 is 18.0 Å². The molecule has 2 aliphatic rings. The third kappa shape index (κ3) is 3.85. The Kier molecular flexibility index (Phi) is 5.10. The Morgan fingerprint density at radius 3 is 2.60 bits per heavy atom. The number of hydrogen-bond acceptors (Lipinski definition) is 4. The summed E-state index contributed by atoms with van der Waals surface area (Å²) in [4.78, 5) is 27.2. The molecule has 2 aliphatic heterocycles. The molecule has 1 saturated heterocycles. The Bertz CT molecular complexity index is 785. The lowest BCUT2D eigenvalue weighted by Gasteiger charge is -2.27. The molecule has 3 rings (SSSR count). The molecule has 136 valence electrons. The monoisotopic (exact) mass is 365 g/mol. The molecule has 0 aromatic heterocycles. The first-order chi connectivity index (χ1) is 11.9. The number of anilines is 1. The van der Waals surface area contributed by atoms with Gasteiger partial charge in [0, 0.05) is 32.2 Å². The van der Waals surface area contributed by atoms with Gasteiger partial charge in [0.2, 0.25) is 21.8 Å². The van der Waals surface area contributed by atoms with Crippen LogP contribution in [0.4, 0.5) is 5.69 Å². The highest BCUT2D eigenvalue weighted by Crippen LogP contribution is 2.28. The minimum atomic E-state index is -3.76. The van der Waals surface area contributed by atoms with E-state index >= 15 is 0 Å². The summed E-state index contributed by atoms with van der Waals surface area (Å²) in [5, 5.41) is 0. The summed E-state index contributed by atoms with van der Waals surface area (Å²) in [6, 6.07) is 4.71. The number of carbonyl (C=O) groups is 2. The molecule has 1 fully saturated rings. The molecule has 7 nitrogen and oxygen atoms in total. The molecule has 2 heterocycles. The number of benzene rings is 1. The summed E-state index contributed by atoms with van der Waals surface area (Å²) in [6.07, 6.45) is 3.94. The molecule has 0 bridgehead atoms. The van der Waals surface area contributed by atoms with Gasteiger partial charge in [0.15, 0.2) is 0 Å². The second-order valence-corrected chi connectivity index (χ2v) is 8.28. The van der Waals surface area contributed by atoms with Gasteiger partial charge in [0.1, 0.15) is 0 Å². The van der Waals surface area contributed by atoms with Crippen LogP contribution >= 0.6 is 0 Å². The summed E-state index contributed by atoms with van der Waals surface area (Å²) < 4.78 is 27.4. The van der Waals surface area contributed by atoms with Crippen molar-refractivity contribution >= 4 is 27.5 Å². The van der Waals surface area contributed by atoms with Gasteiger partial charge in [-0.15, -0.1) is 0 Å². The van der Waals surface area contributed by atoms with Crippen LogP contribution in [0.3, 0.4) is 0 Å². The zero-order valence-corrected chi connectivity index (χ0v) is 15.1. The van der Waals surface area contributed by atoms with Gasteiger partial charge in [-0.2, -0.15) is 0 Å². The van der Waals surface area contributed by atoms with Crippen molar-refractivity contribution in [1.29, 1.82) is 0 Å². The van der Waals surface area contributed by atoms with Gasteiger partial charge in [-0.05, 0) is 49.4 Å². The quantitative estimate of drug-likeness (QED) is 0.858. The fourth-order valence-corrected chi connectivity index (χ4v) is 4.32. The number of rotatable bonds is 4. The summed E-state index contributed by atoms with van der Waals surface area (Å²) in [6.45, 7) is 1.16. The lowest BCUT2D eigenvalue weighted by molar-refractivity contribution is -0.130. The van der Waals surface area contributed by atoms with Crippen LogP contribution in [-0.2, 0) is 26.0 Å². The highest BCUT2D eigenvalue weighted by molar-refractivity contribution is 7.89. The van der Waals surface area contributed by atoms with Crippen molar-refractivity contribution in [3.63, 3.8) is 0 Å². The fourth-order valence-electron chi connectivity index (χ4n) is 3.30. The first kappa shape index (κ1) is 17.9. The molecule has 1 aromatic rings. The van der Waals surface area contributed by atoms with Crippen LogP contribution in [0.25, 0.3) is 0 Å². The minimum Gasteiger partial charge on any atom is -0.342 e. The molecule has 25 heavy (non-hydrogen) atoms. The number of nitrogens with one attached hydrogen (secondary N) is 1. The van der Waals surface area contributed by atoms with Gasteiger partial charge < -0.3 is 9.80 Å². The molecule has 0 aliphatic carbocycles. The molecule has 8 heteroatoms. The van der Waals surface area contributed by atoms with Crippen molar-refractivity contribution in [2.75, 3.05) is 31.6 Å². The summed E-state index contributed by atoms with van der Waals surface area (Å²) >= 11 is 0. The number of nitrogens with zero attached hydrogens (tertiary/aromatic N) is 2. The Labute approximate surface area is 148 Å². The number of sulfonamides is 1. The maximum atomic E-state index is 12.5. The number of aryl methyl sites for hydroxylation is 1. The van der Waals surface area contributed by atoms with Crippen LogP contribution in [0.1, 0.15) is 31.2 Å². The normalized spacial score (nSPS) is 18.2. The Balaban J connectivity index is 1.70.